The Bertz CT molecular complexity index is 1380. The number of benzene rings is 3. The summed E-state index contributed by atoms with van der Waals surface area (Å²) in [5, 5.41) is 2.28. The lowest BCUT2D eigenvalue weighted by Gasteiger charge is -2.16. The zero-order valence-corrected chi connectivity index (χ0v) is 21.3. The monoisotopic (exact) mass is 494 g/mol. The third-order valence-electron chi connectivity index (χ3n) is 5.45. The molecule has 0 unspecified atom stereocenters. The number of nitrogens with zero attached hydrogens (tertiary/aromatic N) is 2. The van der Waals surface area contributed by atoms with Crippen LogP contribution in [0.4, 0.5) is 0 Å². The van der Waals surface area contributed by atoms with Crippen molar-refractivity contribution in [3.8, 4) is 17.2 Å². The highest BCUT2D eigenvalue weighted by Gasteiger charge is 2.19. The van der Waals surface area contributed by atoms with E-state index in [1.807, 2.05) is 37.5 Å². The van der Waals surface area contributed by atoms with Gasteiger partial charge in [-0.3, -0.25) is 4.79 Å². The molecule has 8 heteroatoms. The van der Waals surface area contributed by atoms with E-state index < -0.39 is 0 Å². The van der Waals surface area contributed by atoms with Crippen molar-refractivity contribution in [1.29, 1.82) is 0 Å². The molecular weight excluding hydrogens is 464 g/mol. The highest BCUT2D eigenvalue weighted by Crippen LogP contribution is 2.39. The minimum atomic E-state index is -0.378. The molecule has 7 nitrogen and oxygen atoms in total. The van der Waals surface area contributed by atoms with Gasteiger partial charge in [0.15, 0.2) is 16.3 Å². The first-order chi connectivity index (χ1) is 17.1. The van der Waals surface area contributed by atoms with E-state index in [-0.39, 0.29) is 5.91 Å². The van der Waals surface area contributed by atoms with Gasteiger partial charge >= 0.3 is 0 Å². The van der Waals surface area contributed by atoms with Crippen LogP contribution < -0.4 is 19.0 Å². The van der Waals surface area contributed by atoms with Gasteiger partial charge in [0.05, 0.1) is 36.6 Å². The number of thiazole rings is 1. The van der Waals surface area contributed by atoms with Crippen LogP contribution in [0.1, 0.15) is 31.1 Å². The molecule has 1 aromatic heterocycles. The number of hydrogen-bond acceptors (Lipinski definition) is 6. The Labute approximate surface area is 208 Å². The van der Waals surface area contributed by atoms with Crippen molar-refractivity contribution >= 4 is 38.2 Å². The van der Waals surface area contributed by atoms with Crippen LogP contribution in [-0.2, 0) is 11.3 Å². The molecule has 0 radical (unpaired) electrons. The van der Waals surface area contributed by atoms with E-state index in [1.165, 1.54) is 11.3 Å². The Balaban J connectivity index is 1.87. The van der Waals surface area contributed by atoms with Crippen molar-refractivity contribution in [3.05, 3.63) is 58.9 Å². The average molecular weight is 495 g/mol. The Morgan fingerprint density at radius 3 is 2.29 bits per heavy atom. The Morgan fingerprint density at radius 1 is 0.943 bits per heavy atom. The Kier molecular flexibility index (Phi) is 8.05. The maximum atomic E-state index is 13.4. The summed E-state index contributed by atoms with van der Waals surface area (Å²) in [4.78, 5) is 18.6. The molecule has 0 N–H and O–H groups in total. The normalized spacial score (nSPS) is 11.8. The molecule has 0 saturated carbocycles. The molecule has 0 spiro atoms. The zero-order chi connectivity index (χ0) is 24.8. The van der Waals surface area contributed by atoms with E-state index >= 15 is 0 Å². The van der Waals surface area contributed by atoms with Crippen LogP contribution in [0.3, 0.4) is 0 Å². The Hall–Kier alpha value is -3.36. The zero-order valence-electron chi connectivity index (χ0n) is 20.5. The fraction of sp³-hybridized carbons (Fsp3) is 0.333. The molecule has 35 heavy (non-hydrogen) atoms. The van der Waals surface area contributed by atoms with Crippen LogP contribution in [0.2, 0.25) is 0 Å². The molecule has 0 aliphatic heterocycles. The molecule has 3 aromatic carbocycles. The first-order valence-corrected chi connectivity index (χ1v) is 12.6. The summed E-state index contributed by atoms with van der Waals surface area (Å²) >= 11 is 1.50. The SMILES string of the molecule is CCOc1cc(C(=O)N=c2sc3c4ccccc4ccc3n2CCOC)cc(OCC)c1OCC. The van der Waals surface area contributed by atoms with E-state index in [0.29, 0.717) is 60.6 Å². The van der Waals surface area contributed by atoms with Crippen molar-refractivity contribution in [2.24, 2.45) is 4.99 Å². The van der Waals surface area contributed by atoms with Gasteiger partial charge in [0, 0.05) is 24.6 Å². The molecule has 0 aliphatic rings. The molecular formula is C27H30N2O5S. The van der Waals surface area contributed by atoms with Gasteiger partial charge in [-0.2, -0.15) is 4.99 Å². The minimum Gasteiger partial charge on any atom is -0.490 e. The molecule has 1 heterocycles. The van der Waals surface area contributed by atoms with Gasteiger partial charge in [-0.05, 0) is 44.4 Å². The minimum absolute atomic E-state index is 0.376. The molecule has 0 saturated heterocycles. The van der Waals surface area contributed by atoms with Crippen LogP contribution in [0, 0.1) is 0 Å². The van der Waals surface area contributed by atoms with Crippen LogP contribution >= 0.6 is 11.3 Å². The maximum Gasteiger partial charge on any atom is 0.279 e. The molecule has 1 amide bonds. The van der Waals surface area contributed by atoms with Crippen LogP contribution in [0.15, 0.2) is 53.5 Å². The van der Waals surface area contributed by atoms with Crippen molar-refractivity contribution < 1.29 is 23.7 Å². The van der Waals surface area contributed by atoms with E-state index in [0.717, 1.165) is 21.0 Å². The second-order valence-electron chi connectivity index (χ2n) is 7.68. The molecule has 0 aliphatic carbocycles. The summed E-state index contributed by atoms with van der Waals surface area (Å²) in [6, 6.07) is 15.7. The molecule has 0 fully saturated rings. The number of hydrogen-bond donors (Lipinski definition) is 0. The first kappa shape index (κ1) is 24.8. The molecule has 4 aromatic rings. The predicted molar refractivity (Wildman–Crippen MR) is 139 cm³/mol. The summed E-state index contributed by atoms with van der Waals surface area (Å²) in [5.41, 5.74) is 1.40. The lowest BCUT2D eigenvalue weighted by molar-refractivity contribution is 0.0996. The number of aromatic nitrogens is 1. The van der Waals surface area contributed by atoms with Crippen LogP contribution in [0.5, 0.6) is 17.2 Å². The number of ether oxygens (including phenoxy) is 4. The fourth-order valence-corrected chi connectivity index (χ4v) is 5.14. The maximum absolute atomic E-state index is 13.4. The topological polar surface area (TPSA) is 71.3 Å². The van der Waals surface area contributed by atoms with Crippen molar-refractivity contribution in [1.82, 2.24) is 4.57 Å². The molecule has 4 rings (SSSR count). The van der Waals surface area contributed by atoms with E-state index in [9.17, 15) is 4.79 Å². The quantitative estimate of drug-likeness (QED) is 0.294. The number of carbonyl (C=O) groups is 1. The summed E-state index contributed by atoms with van der Waals surface area (Å²) in [6.45, 7) is 8.06. The van der Waals surface area contributed by atoms with E-state index in [1.54, 1.807) is 19.2 Å². The number of fused-ring (bicyclic) bond motifs is 3. The lowest BCUT2D eigenvalue weighted by Crippen LogP contribution is -2.19. The van der Waals surface area contributed by atoms with E-state index in [2.05, 4.69) is 29.3 Å². The predicted octanol–water partition coefficient (Wildman–Crippen LogP) is 5.44. The second-order valence-corrected chi connectivity index (χ2v) is 8.66. The summed E-state index contributed by atoms with van der Waals surface area (Å²) < 4.78 is 25.8. The largest absolute Gasteiger partial charge is 0.490 e. The van der Waals surface area contributed by atoms with Gasteiger partial charge < -0.3 is 23.5 Å². The third kappa shape index (κ3) is 5.18. The van der Waals surface area contributed by atoms with E-state index in [4.69, 9.17) is 18.9 Å². The van der Waals surface area contributed by atoms with Crippen LogP contribution in [-0.4, -0.2) is 44.0 Å². The second kappa shape index (κ2) is 11.4. The standard InChI is InChI=1S/C27H30N2O5S/c1-5-32-22-16-19(17-23(33-6-2)24(22)34-7-3)26(30)28-27-29(14-15-31-4)21-13-12-18-10-8-9-11-20(18)25(21)35-27/h8-13,16-17H,5-7,14-15H2,1-4H3. The van der Waals surface area contributed by atoms with Crippen molar-refractivity contribution in [3.63, 3.8) is 0 Å². The molecule has 0 bridgehead atoms. The number of rotatable bonds is 10. The summed E-state index contributed by atoms with van der Waals surface area (Å²) in [7, 11) is 1.66. The van der Waals surface area contributed by atoms with Gasteiger partial charge in [0.1, 0.15) is 0 Å². The fourth-order valence-electron chi connectivity index (χ4n) is 3.95. The lowest BCUT2D eigenvalue weighted by atomic mass is 10.1. The van der Waals surface area contributed by atoms with Gasteiger partial charge in [0.25, 0.3) is 5.91 Å². The summed E-state index contributed by atoms with van der Waals surface area (Å²) in [6.07, 6.45) is 0. The highest BCUT2D eigenvalue weighted by atomic mass is 32.1. The van der Waals surface area contributed by atoms with Crippen LogP contribution in [0.25, 0.3) is 21.0 Å². The van der Waals surface area contributed by atoms with Gasteiger partial charge in [-0.25, -0.2) is 0 Å². The third-order valence-corrected chi connectivity index (χ3v) is 6.57. The van der Waals surface area contributed by atoms with Gasteiger partial charge in [0.2, 0.25) is 5.75 Å². The smallest absolute Gasteiger partial charge is 0.279 e. The first-order valence-electron chi connectivity index (χ1n) is 11.8. The van der Waals surface area contributed by atoms with Crippen molar-refractivity contribution in [2.75, 3.05) is 33.5 Å². The molecule has 0 atom stereocenters. The Morgan fingerprint density at radius 2 is 1.63 bits per heavy atom. The summed E-state index contributed by atoms with van der Waals surface area (Å²) in [5.74, 6) is 1.05. The molecule has 184 valence electrons. The number of methoxy groups -OCH3 is 1. The number of amides is 1. The van der Waals surface area contributed by atoms with Gasteiger partial charge in [-0.1, -0.05) is 41.7 Å². The number of carbonyl (C=O) groups excluding carboxylic acids is 1. The average Bonchev–Trinajstić information content (AvgIpc) is 3.22. The van der Waals surface area contributed by atoms with Crippen molar-refractivity contribution in [2.45, 2.75) is 27.3 Å². The van der Waals surface area contributed by atoms with Gasteiger partial charge in [-0.15, -0.1) is 0 Å². The highest BCUT2D eigenvalue weighted by molar-refractivity contribution is 7.17.